The van der Waals surface area contributed by atoms with E-state index in [1.54, 1.807) is 0 Å². The van der Waals surface area contributed by atoms with E-state index in [-0.39, 0.29) is 21.7 Å². The summed E-state index contributed by atoms with van der Waals surface area (Å²) in [7, 11) is 0. The average molecular weight is 1290 g/mol. The zero-order chi connectivity index (χ0) is 68.3. The van der Waals surface area contributed by atoms with Gasteiger partial charge in [0.05, 0.1) is 22.2 Å². The summed E-state index contributed by atoms with van der Waals surface area (Å²) in [4.78, 5) is 4.95. The Bertz CT molecular complexity index is 5350. The van der Waals surface area contributed by atoms with Crippen LogP contribution in [0.1, 0.15) is 150 Å². The number of hydrogen-bond donors (Lipinski definition) is 0. The van der Waals surface area contributed by atoms with Crippen molar-refractivity contribution in [3.8, 4) is 44.5 Å². The van der Waals surface area contributed by atoms with Crippen LogP contribution in [0.25, 0.3) is 88.4 Å². The van der Waals surface area contributed by atoms with Gasteiger partial charge in [0.1, 0.15) is 11.2 Å². The highest BCUT2D eigenvalue weighted by molar-refractivity contribution is 6.23. The number of fused-ring (bicyclic) bond motifs is 28. The number of furan rings is 2. The maximum Gasteiger partial charge on any atom is 0.160 e. The van der Waals surface area contributed by atoms with Gasteiger partial charge < -0.3 is 18.6 Å². The lowest BCUT2D eigenvalue weighted by molar-refractivity contribution is 0.590. The van der Waals surface area contributed by atoms with Crippen LogP contribution in [0, 0.1) is 0 Å². The van der Waals surface area contributed by atoms with Crippen molar-refractivity contribution in [1.82, 2.24) is 0 Å². The molecule has 0 fully saturated rings. The molecule has 2 heterocycles. The molecule has 19 rings (SSSR count). The van der Waals surface area contributed by atoms with Crippen LogP contribution in [-0.4, -0.2) is 0 Å². The standard InChI is InChI=1S/C96H80N2O2/c1-91(2,3)57-37-45-61(46-38-57)97(62-47-39-58(40-48-62)92(4,5)6)81-55-79-85(87-69-29-17-23-35-83(69)99-89(81)87)71-53-78-72(54-77(71)95(79)73-31-19-13-25-65(73)66-26-14-20-32-74(66)95)86-80(96(78)75-33-21-15-27-67(75)68-28-16-22-34-76(68)96)56-82(90-88(86)70-30-18-24-36-84(70)100-90)98(63-49-41-59(42-50-63)93(7,8)9)64-51-43-60(44-52-64)94(10,11)12/h13-56H,1-12H3. The highest BCUT2D eigenvalue weighted by atomic mass is 16.3. The molecule has 0 saturated carbocycles. The number of nitrogens with zero attached hydrogens (tertiary/aromatic N) is 2. The smallest absolute Gasteiger partial charge is 0.160 e. The van der Waals surface area contributed by atoms with Gasteiger partial charge in [0, 0.05) is 44.3 Å². The Morgan fingerprint density at radius 2 is 0.510 bits per heavy atom. The van der Waals surface area contributed by atoms with E-state index >= 15 is 0 Å². The SMILES string of the molecule is CC(C)(C)c1ccc(N(c2ccc(C(C)(C)C)cc2)c2cc3c(c4c2oc2ccccc24)-c2cc4c(cc2C32c3ccccc3-c3ccccc32)-c2c(cc(N(c3ccc(C(C)(C)C)cc3)c3ccc(C(C)(C)C)cc3)c3oc5ccccc5c23)C42c3ccccc3-c3ccccc32)cc1. The molecule has 0 unspecified atom stereocenters. The Hall–Kier alpha value is -10.9. The summed E-state index contributed by atoms with van der Waals surface area (Å²) in [5.74, 6) is 0. The second-order valence-corrected chi connectivity index (χ2v) is 32.7. The van der Waals surface area contributed by atoms with Crippen LogP contribution in [0.3, 0.4) is 0 Å². The lowest BCUT2D eigenvalue weighted by atomic mass is 9.68. The topological polar surface area (TPSA) is 32.8 Å². The molecule has 4 aliphatic rings. The van der Waals surface area contributed by atoms with Gasteiger partial charge in [-0.25, -0.2) is 0 Å². The summed E-state index contributed by atoms with van der Waals surface area (Å²) in [6.45, 7) is 27.6. The third-order valence-electron chi connectivity index (χ3n) is 22.9. The monoisotopic (exact) mass is 1290 g/mol. The molecule has 0 radical (unpaired) electrons. The molecule has 4 aliphatic carbocycles. The Balaban J connectivity index is 0.976. The van der Waals surface area contributed by atoms with Crippen molar-refractivity contribution in [3.05, 3.63) is 334 Å². The number of anilines is 6. The van der Waals surface area contributed by atoms with E-state index in [2.05, 4.69) is 360 Å². The second kappa shape index (κ2) is 20.8. The van der Waals surface area contributed by atoms with Crippen molar-refractivity contribution < 1.29 is 8.83 Å². The molecule has 4 heteroatoms. The first-order chi connectivity index (χ1) is 48.1. The molecule has 4 nitrogen and oxygen atoms in total. The van der Waals surface area contributed by atoms with Crippen molar-refractivity contribution in [2.24, 2.45) is 0 Å². The molecule has 0 bridgehead atoms. The molecular formula is C96H80N2O2. The molecular weight excluding hydrogens is 1210 g/mol. The second-order valence-electron chi connectivity index (χ2n) is 32.7. The van der Waals surface area contributed by atoms with E-state index in [4.69, 9.17) is 8.83 Å². The first kappa shape index (κ1) is 60.3. The number of para-hydroxylation sites is 2. The molecule has 0 aliphatic heterocycles. The summed E-state index contributed by atoms with van der Waals surface area (Å²) in [5, 5.41) is 4.39. The number of benzene rings is 13. The van der Waals surface area contributed by atoms with Crippen LogP contribution in [0.5, 0.6) is 0 Å². The van der Waals surface area contributed by atoms with Crippen LogP contribution in [0.2, 0.25) is 0 Å². The lowest BCUT2D eigenvalue weighted by Crippen LogP contribution is -2.27. The summed E-state index contributed by atoms with van der Waals surface area (Å²) < 4.78 is 15.2. The van der Waals surface area contributed by atoms with Crippen LogP contribution in [0.15, 0.2) is 276 Å². The fourth-order valence-electron chi connectivity index (χ4n) is 18.1. The first-order valence-corrected chi connectivity index (χ1v) is 35.7. The van der Waals surface area contributed by atoms with Gasteiger partial charge in [0.2, 0.25) is 0 Å². The summed E-state index contributed by atoms with van der Waals surface area (Å²) in [5.41, 5.74) is 32.8. The Kier molecular flexibility index (Phi) is 12.5. The zero-order valence-corrected chi connectivity index (χ0v) is 59.1. The van der Waals surface area contributed by atoms with E-state index in [9.17, 15) is 0 Å². The fraction of sp³-hybridized carbons (Fsp3) is 0.188. The normalized spacial score (nSPS) is 14.4. The van der Waals surface area contributed by atoms with E-state index in [1.165, 1.54) is 111 Å². The minimum Gasteiger partial charge on any atom is -0.454 e. The lowest BCUT2D eigenvalue weighted by Gasteiger charge is -2.33. The Labute approximate surface area is 586 Å². The summed E-state index contributed by atoms with van der Waals surface area (Å²) >= 11 is 0. The third-order valence-corrected chi connectivity index (χ3v) is 22.9. The van der Waals surface area contributed by atoms with Crippen molar-refractivity contribution in [3.63, 3.8) is 0 Å². The molecule has 0 amide bonds. The van der Waals surface area contributed by atoms with Crippen LogP contribution >= 0.6 is 0 Å². The van der Waals surface area contributed by atoms with Gasteiger partial charge in [-0.15, -0.1) is 0 Å². The average Bonchev–Trinajstić information content (AvgIpc) is 1.48. The first-order valence-electron chi connectivity index (χ1n) is 35.7. The third kappa shape index (κ3) is 8.28. The van der Waals surface area contributed by atoms with Crippen molar-refractivity contribution in [1.29, 1.82) is 0 Å². The van der Waals surface area contributed by atoms with E-state index < -0.39 is 10.8 Å². The number of hydrogen-bond acceptors (Lipinski definition) is 4. The van der Waals surface area contributed by atoms with Gasteiger partial charge in [0.15, 0.2) is 11.2 Å². The molecule has 2 spiro atoms. The molecule has 0 saturated heterocycles. The van der Waals surface area contributed by atoms with Gasteiger partial charge in [-0.3, -0.25) is 0 Å². The molecule has 15 aromatic rings. The maximum absolute atomic E-state index is 7.60. The van der Waals surface area contributed by atoms with Gasteiger partial charge >= 0.3 is 0 Å². The highest BCUT2D eigenvalue weighted by Crippen LogP contribution is 2.71. The Morgan fingerprint density at radius 1 is 0.250 bits per heavy atom. The van der Waals surface area contributed by atoms with Gasteiger partial charge in [-0.05, 0) is 218 Å². The van der Waals surface area contributed by atoms with Crippen LogP contribution in [-0.2, 0) is 32.5 Å². The molecule has 486 valence electrons. The molecule has 100 heavy (non-hydrogen) atoms. The van der Waals surface area contributed by atoms with Crippen LogP contribution < -0.4 is 9.80 Å². The number of rotatable bonds is 6. The predicted molar refractivity (Wildman–Crippen MR) is 418 cm³/mol. The van der Waals surface area contributed by atoms with Crippen molar-refractivity contribution in [2.75, 3.05) is 9.80 Å². The van der Waals surface area contributed by atoms with E-state index in [1.807, 2.05) is 0 Å². The predicted octanol–water partition coefficient (Wildman–Crippen LogP) is 26.3. The molecule has 0 atom stereocenters. The largest absolute Gasteiger partial charge is 0.454 e. The molecule has 0 N–H and O–H groups in total. The van der Waals surface area contributed by atoms with Crippen molar-refractivity contribution in [2.45, 2.75) is 116 Å². The maximum atomic E-state index is 7.60. The summed E-state index contributed by atoms with van der Waals surface area (Å²) in [6, 6.07) is 102. The van der Waals surface area contributed by atoms with Gasteiger partial charge in [-0.2, -0.15) is 0 Å². The van der Waals surface area contributed by atoms with E-state index in [0.29, 0.717) is 0 Å². The molecule has 2 aromatic heterocycles. The van der Waals surface area contributed by atoms with Gasteiger partial charge in [0.25, 0.3) is 0 Å². The zero-order valence-electron chi connectivity index (χ0n) is 59.1. The minimum atomic E-state index is -0.805. The fourth-order valence-corrected chi connectivity index (χ4v) is 18.1. The molecule has 13 aromatic carbocycles. The minimum absolute atomic E-state index is 0.0440. The van der Waals surface area contributed by atoms with E-state index in [0.717, 1.165) is 78.0 Å². The van der Waals surface area contributed by atoms with Crippen LogP contribution in [0.4, 0.5) is 34.1 Å². The Morgan fingerprint density at radius 3 is 0.790 bits per heavy atom. The quantitative estimate of drug-likeness (QED) is 0.166. The van der Waals surface area contributed by atoms with Gasteiger partial charge in [-0.1, -0.05) is 265 Å². The summed E-state index contributed by atoms with van der Waals surface area (Å²) in [6.07, 6.45) is 0. The van der Waals surface area contributed by atoms with Crippen molar-refractivity contribution >= 4 is 78.0 Å². The highest BCUT2D eigenvalue weighted by Gasteiger charge is 2.58.